The molecule has 0 spiro atoms. The number of thiophene rings is 1. The molecule has 0 radical (unpaired) electrons. The third-order valence-corrected chi connectivity index (χ3v) is 5.95. The van der Waals surface area contributed by atoms with E-state index in [-0.39, 0.29) is 17.8 Å². The summed E-state index contributed by atoms with van der Waals surface area (Å²) in [7, 11) is 0. The lowest BCUT2D eigenvalue weighted by Gasteiger charge is -2.31. The number of fused-ring (bicyclic) bond motifs is 3. The van der Waals surface area contributed by atoms with E-state index in [2.05, 4.69) is 29.4 Å². The fourth-order valence-corrected chi connectivity index (χ4v) is 4.75. The van der Waals surface area contributed by atoms with Crippen LogP contribution in [0.15, 0.2) is 24.3 Å². The van der Waals surface area contributed by atoms with Crippen molar-refractivity contribution in [1.29, 1.82) is 0 Å². The van der Waals surface area contributed by atoms with Crippen LogP contribution in [0.25, 0.3) is 0 Å². The van der Waals surface area contributed by atoms with Crippen molar-refractivity contribution in [2.24, 2.45) is 0 Å². The molecule has 126 valence electrons. The zero-order chi connectivity index (χ0) is 16.8. The van der Waals surface area contributed by atoms with Gasteiger partial charge in [-0.1, -0.05) is 12.1 Å². The van der Waals surface area contributed by atoms with E-state index in [0.717, 1.165) is 35.6 Å². The standard InChI is InChI=1S/C18H21N3O2S/c1-10(2)21-7-6-13-14(9-21)24-18-15(13)17(23)19-16(20-18)11-4-3-5-12(22)8-11/h3-5,8,10,16,20,22H,6-7,9H2,1-2H3,(H,19,23)/t16-/m1/s1. The van der Waals surface area contributed by atoms with Gasteiger partial charge < -0.3 is 15.7 Å². The third kappa shape index (κ3) is 2.56. The highest BCUT2D eigenvalue weighted by atomic mass is 32.1. The third-order valence-electron chi connectivity index (χ3n) is 4.80. The Morgan fingerprint density at radius 2 is 2.17 bits per heavy atom. The van der Waals surface area contributed by atoms with Gasteiger partial charge in [0.15, 0.2) is 0 Å². The van der Waals surface area contributed by atoms with Crippen LogP contribution in [0, 0.1) is 0 Å². The molecule has 1 aromatic heterocycles. The molecule has 1 aromatic carbocycles. The molecule has 0 fully saturated rings. The monoisotopic (exact) mass is 343 g/mol. The molecule has 2 aliphatic rings. The second-order valence-corrected chi connectivity index (χ2v) is 7.77. The van der Waals surface area contributed by atoms with Gasteiger partial charge in [0.25, 0.3) is 5.91 Å². The maximum atomic E-state index is 12.7. The lowest BCUT2D eigenvalue weighted by atomic mass is 9.99. The first kappa shape index (κ1) is 15.5. The normalized spacial score (nSPS) is 20.3. The number of carbonyl (C=O) groups is 1. The van der Waals surface area contributed by atoms with E-state index in [1.54, 1.807) is 29.5 Å². The maximum Gasteiger partial charge on any atom is 0.256 e. The summed E-state index contributed by atoms with van der Waals surface area (Å²) < 4.78 is 0. The molecular formula is C18H21N3O2S. The number of hydrogen-bond donors (Lipinski definition) is 3. The number of nitrogens with zero attached hydrogens (tertiary/aromatic N) is 1. The molecule has 2 aliphatic heterocycles. The highest BCUT2D eigenvalue weighted by Gasteiger charge is 2.33. The summed E-state index contributed by atoms with van der Waals surface area (Å²) in [4.78, 5) is 16.4. The van der Waals surface area contributed by atoms with Crippen molar-refractivity contribution in [3.8, 4) is 5.75 Å². The average molecular weight is 343 g/mol. The summed E-state index contributed by atoms with van der Waals surface area (Å²) in [6, 6.07) is 7.50. The van der Waals surface area contributed by atoms with Crippen molar-refractivity contribution in [3.05, 3.63) is 45.8 Å². The van der Waals surface area contributed by atoms with E-state index in [9.17, 15) is 9.90 Å². The number of rotatable bonds is 2. The SMILES string of the molecule is CC(C)N1CCc2c(sc3c2C(=O)N[C@@H](c2cccc(O)c2)N3)C1. The highest BCUT2D eigenvalue weighted by molar-refractivity contribution is 7.16. The first-order chi connectivity index (χ1) is 11.5. The minimum Gasteiger partial charge on any atom is -0.508 e. The van der Waals surface area contributed by atoms with Gasteiger partial charge in [0.2, 0.25) is 0 Å². The molecule has 1 atom stereocenters. The smallest absolute Gasteiger partial charge is 0.256 e. The summed E-state index contributed by atoms with van der Waals surface area (Å²) in [5.41, 5.74) is 2.87. The lowest BCUT2D eigenvalue weighted by molar-refractivity contribution is 0.0934. The molecule has 0 saturated carbocycles. The summed E-state index contributed by atoms with van der Waals surface area (Å²) in [5.74, 6) is 0.181. The van der Waals surface area contributed by atoms with Gasteiger partial charge in [-0.15, -0.1) is 11.3 Å². The number of aromatic hydroxyl groups is 1. The van der Waals surface area contributed by atoms with E-state index in [1.807, 2.05) is 6.07 Å². The zero-order valence-electron chi connectivity index (χ0n) is 13.8. The van der Waals surface area contributed by atoms with Gasteiger partial charge in [-0.05, 0) is 43.5 Å². The second-order valence-electron chi connectivity index (χ2n) is 6.67. The molecule has 0 aliphatic carbocycles. The van der Waals surface area contributed by atoms with Gasteiger partial charge in [-0.3, -0.25) is 9.69 Å². The Morgan fingerprint density at radius 1 is 1.33 bits per heavy atom. The van der Waals surface area contributed by atoms with Crippen molar-refractivity contribution in [2.75, 3.05) is 11.9 Å². The topological polar surface area (TPSA) is 64.6 Å². The molecular weight excluding hydrogens is 322 g/mol. The lowest BCUT2D eigenvalue weighted by Crippen LogP contribution is -2.39. The Bertz CT molecular complexity index is 800. The van der Waals surface area contributed by atoms with Crippen molar-refractivity contribution < 1.29 is 9.90 Å². The van der Waals surface area contributed by atoms with Crippen LogP contribution < -0.4 is 10.6 Å². The van der Waals surface area contributed by atoms with Crippen molar-refractivity contribution in [2.45, 2.75) is 39.0 Å². The summed E-state index contributed by atoms with van der Waals surface area (Å²) >= 11 is 1.69. The van der Waals surface area contributed by atoms with Crippen LogP contribution in [-0.2, 0) is 13.0 Å². The first-order valence-corrected chi connectivity index (χ1v) is 9.09. The molecule has 0 unspecified atom stereocenters. The Labute approximate surface area is 145 Å². The summed E-state index contributed by atoms with van der Waals surface area (Å²) in [5, 5.41) is 17.1. The number of benzene rings is 1. The van der Waals surface area contributed by atoms with Gasteiger partial charge >= 0.3 is 0 Å². The molecule has 24 heavy (non-hydrogen) atoms. The average Bonchev–Trinajstić information content (AvgIpc) is 2.92. The Kier molecular flexibility index (Phi) is 3.73. The van der Waals surface area contributed by atoms with Crippen LogP contribution in [0.4, 0.5) is 5.00 Å². The number of amides is 1. The molecule has 5 nitrogen and oxygen atoms in total. The predicted octanol–water partition coefficient (Wildman–Crippen LogP) is 3.07. The molecule has 3 heterocycles. The first-order valence-electron chi connectivity index (χ1n) is 8.28. The van der Waals surface area contributed by atoms with E-state index >= 15 is 0 Å². The fourth-order valence-electron chi connectivity index (χ4n) is 3.45. The number of nitrogens with one attached hydrogen (secondary N) is 2. The maximum absolute atomic E-state index is 12.7. The Morgan fingerprint density at radius 3 is 2.92 bits per heavy atom. The van der Waals surface area contributed by atoms with Crippen molar-refractivity contribution in [1.82, 2.24) is 10.2 Å². The van der Waals surface area contributed by atoms with Crippen LogP contribution in [0.5, 0.6) is 5.75 Å². The van der Waals surface area contributed by atoms with E-state index in [4.69, 9.17) is 0 Å². The molecule has 1 amide bonds. The Hall–Kier alpha value is -2.05. The van der Waals surface area contributed by atoms with E-state index in [0.29, 0.717) is 6.04 Å². The molecule has 4 rings (SSSR count). The quantitative estimate of drug-likeness (QED) is 0.784. The number of anilines is 1. The van der Waals surface area contributed by atoms with Gasteiger partial charge in [0.05, 0.1) is 5.56 Å². The van der Waals surface area contributed by atoms with Crippen molar-refractivity contribution in [3.63, 3.8) is 0 Å². The summed E-state index contributed by atoms with van der Waals surface area (Å²) in [6.45, 7) is 6.33. The second kappa shape index (κ2) is 5.79. The number of phenols is 1. The van der Waals surface area contributed by atoms with Crippen LogP contribution in [0.2, 0.25) is 0 Å². The van der Waals surface area contributed by atoms with Crippen molar-refractivity contribution >= 4 is 22.2 Å². The van der Waals surface area contributed by atoms with Gasteiger partial charge in [0, 0.05) is 24.0 Å². The van der Waals surface area contributed by atoms with Gasteiger partial charge in [-0.25, -0.2) is 0 Å². The number of phenolic OH excluding ortho intramolecular Hbond substituents is 1. The molecule has 6 heteroatoms. The fraction of sp³-hybridized carbons (Fsp3) is 0.389. The van der Waals surface area contributed by atoms with Crippen LogP contribution in [0.1, 0.15) is 46.4 Å². The van der Waals surface area contributed by atoms with Gasteiger partial charge in [0.1, 0.15) is 16.9 Å². The predicted molar refractivity (Wildman–Crippen MR) is 95.5 cm³/mol. The summed E-state index contributed by atoms with van der Waals surface area (Å²) in [6.07, 6.45) is 0.615. The molecule has 0 saturated heterocycles. The van der Waals surface area contributed by atoms with Crippen LogP contribution >= 0.6 is 11.3 Å². The molecule has 3 N–H and O–H groups in total. The van der Waals surface area contributed by atoms with Gasteiger partial charge in [-0.2, -0.15) is 0 Å². The molecule has 0 bridgehead atoms. The van der Waals surface area contributed by atoms with E-state index < -0.39 is 0 Å². The Balaban J connectivity index is 1.66. The highest BCUT2D eigenvalue weighted by Crippen LogP contribution is 2.41. The number of hydrogen-bond acceptors (Lipinski definition) is 5. The number of carbonyl (C=O) groups excluding carboxylic acids is 1. The largest absolute Gasteiger partial charge is 0.508 e. The van der Waals surface area contributed by atoms with Crippen LogP contribution in [-0.4, -0.2) is 28.5 Å². The minimum absolute atomic E-state index is 0.0208. The van der Waals surface area contributed by atoms with E-state index in [1.165, 1.54) is 10.4 Å². The zero-order valence-corrected chi connectivity index (χ0v) is 14.6. The minimum atomic E-state index is -0.307. The molecule has 2 aromatic rings. The van der Waals surface area contributed by atoms with Crippen LogP contribution in [0.3, 0.4) is 0 Å².